The van der Waals surface area contributed by atoms with Crippen LogP contribution in [0.15, 0.2) is 41.3 Å². The van der Waals surface area contributed by atoms with Gasteiger partial charge in [-0.15, -0.1) is 0 Å². The van der Waals surface area contributed by atoms with E-state index in [1.54, 1.807) is 19.1 Å². The van der Waals surface area contributed by atoms with Crippen LogP contribution in [0.3, 0.4) is 0 Å². The number of aryl methyl sites for hydroxylation is 1. The van der Waals surface area contributed by atoms with Crippen molar-refractivity contribution in [1.82, 2.24) is 4.90 Å². The second-order valence-corrected chi connectivity index (χ2v) is 8.90. The number of amides is 1. The normalized spacial score (nSPS) is 15.5. The van der Waals surface area contributed by atoms with Gasteiger partial charge in [-0.2, -0.15) is 0 Å². The molecule has 0 saturated carbocycles. The van der Waals surface area contributed by atoms with E-state index in [1.807, 2.05) is 43.3 Å². The largest absolute Gasteiger partial charge is 0.497 e. The lowest BCUT2D eigenvalue weighted by Gasteiger charge is -2.15. The van der Waals surface area contributed by atoms with E-state index in [0.29, 0.717) is 21.7 Å². The Morgan fingerprint density at radius 3 is 2.41 bits per heavy atom. The molecule has 0 radical (unpaired) electrons. The Bertz CT molecular complexity index is 965. The number of nitrogens with zero attached hydrogens (tertiary/aromatic N) is 1. The molecule has 29 heavy (non-hydrogen) atoms. The van der Waals surface area contributed by atoms with Gasteiger partial charge in [0, 0.05) is 0 Å². The maximum absolute atomic E-state index is 13.0. The van der Waals surface area contributed by atoms with Crippen molar-refractivity contribution < 1.29 is 14.3 Å². The van der Waals surface area contributed by atoms with Crippen molar-refractivity contribution in [1.29, 1.82) is 0 Å². The minimum Gasteiger partial charge on any atom is -0.497 e. The third-order valence-corrected chi connectivity index (χ3v) is 6.28. The van der Waals surface area contributed by atoms with Gasteiger partial charge in [-0.05, 0) is 65.4 Å². The molecule has 1 aliphatic heterocycles. The zero-order valence-electron chi connectivity index (χ0n) is 17.3. The number of hydrogen-bond acceptors (Lipinski definition) is 5. The van der Waals surface area contributed by atoms with E-state index in [1.165, 1.54) is 11.8 Å². The van der Waals surface area contributed by atoms with Gasteiger partial charge in [-0.3, -0.25) is 9.69 Å². The molecule has 6 heteroatoms. The Morgan fingerprint density at radius 2 is 1.83 bits per heavy atom. The van der Waals surface area contributed by atoms with Crippen LogP contribution in [0.25, 0.3) is 6.08 Å². The zero-order chi connectivity index (χ0) is 21.1. The van der Waals surface area contributed by atoms with Crippen LogP contribution in [0.1, 0.15) is 42.0 Å². The van der Waals surface area contributed by atoms with E-state index in [9.17, 15) is 4.79 Å². The lowest BCUT2D eigenvalue weighted by Crippen LogP contribution is -2.27. The quantitative estimate of drug-likeness (QED) is 0.447. The summed E-state index contributed by atoms with van der Waals surface area (Å²) in [6.45, 7) is 6.73. The first kappa shape index (κ1) is 21.4. The first-order valence-electron chi connectivity index (χ1n) is 9.41. The van der Waals surface area contributed by atoms with Gasteiger partial charge in [-0.25, -0.2) is 0 Å². The van der Waals surface area contributed by atoms with Crippen LogP contribution >= 0.6 is 24.0 Å². The number of rotatable bonds is 6. The molecule has 3 rings (SSSR count). The van der Waals surface area contributed by atoms with Gasteiger partial charge in [0.05, 0.1) is 25.7 Å². The molecule has 0 bridgehead atoms. The van der Waals surface area contributed by atoms with Gasteiger partial charge in [0.1, 0.15) is 15.8 Å². The molecule has 0 N–H and O–H groups in total. The summed E-state index contributed by atoms with van der Waals surface area (Å²) < 4.78 is 11.3. The Kier molecular flexibility index (Phi) is 6.65. The molecular weight excluding hydrogens is 402 g/mol. The van der Waals surface area contributed by atoms with E-state index in [4.69, 9.17) is 21.7 Å². The van der Waals surface area contributed by atoms with Crippen LogP contribution in [-0.4, -0.2) is 29.3 Å². The van der Waals surface area contributed by atoms with Gasteiger partial charge in [0.15, 0.2) is 0 Å². The number of hydrogen-bond donors (Lipinski definition) is 0. The summed E-state index contributed by atoms with van der Waals surface area (Å²) in [7, 11) is 3.32. The minimum absolute atomic E-state index is 0.0582. The molecule has 0 unspecified atom stereocenters. The third-order valence-electron chi connectivity index (χ3n) is 4.90. The highest BCUT2D eigenvalue weighted by Crippen LogP contribution is 2.36. The van der Waals surface area contributed by atoms with Crippen LogP contribution in [0.4, 0.5) is 0 Å². The first-order valence-corrected chi connectivity index (χ1v) is 10.6. The molecule has 2 aromatic carbocycles. The monoisotopic (exact) mass is 427 g/mol. The predicted molar refractivity (Wildman–Crippen MR) is 124 cm³/mol. The molecule has 1 aliphatic rings. The number of carbonyl (C=O) groups excluding carboxylic acids is 1. The number of thiocarbonyl (C=S) groups is 1. The average molecular weight is 428 g/mol. The van der Waals surface area contributed by atoms with E-state index < -0.39 is 0 Å². The van der Waals surface area contributed by atoms with Crippen LogP contribution in [0, 0.1) is 6.92 Å². The van der Waals surface area contributed by atoms with Gasteiger partial charge in [0.2, 0.25) is 0 Å². The maximum Gasteiger partial charge on any atom is 0.266 e. The fourth-order valence-corrected chi connectivity index (χ4v) is 4.44. The minimum atomic E-state index is -0.0582. The molecule has 2 aromatic rings. The van der Waals surface area contributed by atoms with Crippen molar-refractivity contribution in [2.45, 2.75) is 33.2 Å². The molecular formula is C23H25NO3S2. The second kappa shape index (κ2) is 9.01. The summed E-state index contributed by atoms with van der Waals surface area (Å²) in [4.78, 5) is 15.3. The van der Waals surface area contributed by atoms with Crippen molar-refractivity contribution >= 4 is 40.3 Å². The topological polar surface area (TPSA) is 38.8 Å². The Hall–Kier alpha value is -2.31. The highest BCUT2D eigenvalue weighted by atomic mass is 32.2. The lowest BCUT2D eigenvalue weighted by atomic mass is 9.96. The summed E-state index contributed by atoms with van der Waals surface area (Å²) in [5.74, 6) is 1.93. The van der Waals surface area contributed by atoms with Gasteiger partial charge < -0.3 is 9.47 Å². The summed E-state index contributed by atoms with van der Waals surface area (Å²) in [5.41, 5.74) is 4.20. The molecule has 0 aliphatic carbocycles. The van der Waals surface area contributed by atoms with Crippen molar-refractivity contribution in [2.24, 2.45) is 0 Å². The number of carbonyl (C=O) groups is 1. The Balaban J connectivity index is 1.86. The van der Waals surface area contributed by atoms with Crippen molar-refractivity contribution in [2.75, 3.05) is 14.2 Å². The SMILES string of the molecule is COc1ccc(CN2C(=O)/C(=C/c3cc(C(C)C)c(OC)cc3C)SC2=S)cc1. The Morgan fingerprint density at radius 1 is 1.14 bits per heavy atom. The standard InChI is InChI=1S/C23H25NO3S2/c1-14(2)19-11-17(15(3)10-20(19)27-5)12-21-22(25)24(23(28)29-21)13-16-6-8-18(26-4)9-7-16/h6-12,14H,13H2,1-5H3/b21-12-. The lowest BCUT2D eigenvalue weighted by molar-refractivity contribution is -0.122. The van der Waals surface area contributed by atoms with Crippen LogP contribution < -0.4 is 9.47 Å². The second-order valence-electron chi connectivity index (χ2n) is 7.22. The zero-order valence-corrected chi connectivity index (χ0v) is 18.9. The van der Waals surface area contributed by atoms with E-state index in [-0.39, 0.29) is 5.91 Å². The molecule has 1 heterocycles. The molecule has 0 spiro atoms. The van der Waals surface area contributed by atoms with Crippen molar-refractivity contribution in [3.05, 3.63) is 63.6 Å². The molecule has 0 aromatic heterocycles. The fourth-order valence-electron chi connectivity index (χ4n) is 3.19. The number of benzene rings is 2. The van der Waals surface area contributed by atoms with E-state index in [0.717, 1.165) is 33.8 Å². The van der Waals surface area contributed by atoms with Crippen molar-refractivity contribution in [3.63, 3.8) is 0 Å². The maximum atomic E-state index is 13.0. The summed E-state index contributed by atoms with van der Waals surface area (Å²) in [6, 6.07) is 11.8. The third kappa shape index (κ3) is 4.65. The number of ether oxygens (including phenoxy) is 2. The van der Waals surface area contributed by atoms with Crippen LogP contribution in [0.5, 0.6) is 11.5 Å². The molecule has 1 amide bonds. The average Bonchev–Trinajstić information content (AvgIpc) is 2.96. The molecule has 1 saturated heterocycles. The van der Waals surface area contributed by atoms with E-state index in [2.05, 4.69) is 19.9 Å². The van der Waals surface area contributed by atoms with Gasteiger partial charge in [-0.1, -0.05) is 50.0 Å². The first-order chi connectivity index (χ1) is 13.8. The van der Waals surface area contributed by atoms with Gasteiger partial charge >= 0.3 is 0 Å². The molecule has 1 fully saturated rings. The van der Waals surface area contributed by atoms with Crippen LogP contribution in [0.2, 0.25) is 0 Å². The van der Waals surface area contributed by atoms with Gasteiger partial charge in [0.25, 0.3) is 5.91 Å². The smallest absolute Gasteiger partial charge is 0.266 e. The fraction of sp³-hybridized carbons (Fsp3) is 0.304. The highest BCUT2D eigenvalue weighted by Gasteiger charge is 2.32. The predicted octanol–water partition coefficient (Wildman–Crippen LogP) is 5.54. The Labute approximate surface area is 181 Å². The summed E-state index contributed by atoms with van der Waals surface area (Å²) in [5, 5.41) is 0. The highest BCUT2D eigenvalue weighted by molar-refractivity contribution is 8.26. The van der Waals surface area contributed by atoms with Crippen LogP contribution in [-0.2, 0) is 11.3 Å². The molecule has 0 atom stereocenters. The molecule has 152 valence electrons. The molecule has 4 nitrogen and oxygen atoms in total. The summed E-state index contributed by atoms with van der Waals surface area (Å²) in [6.07, 6.45) is 1.94. The van der Waals surface area contributed by atoms with E-state index >= 15 is 0 Å². The number of thioether (sulfide) groups is 1. The van der Waals surface area contributed by atoms with Crippen molar-refractivity contribution in [3.8, 4) is 11.5 Å². The summed E-state index contributed by atoms with van der Waals surface area (Å²) >= 11 is 6.83. The number of methoxy groups -OCH3 is 2.